The van der Waals surface area contributed by atoms with Gasteiger partial charge in [0.05, 0.1) is 18.9 Å². The zero-order valence-corrected chi connectivity index (χ0v) is 19.1. The Kier molecular flexibility index (Phi) is 7.24. The molecule has 32 heavy (non-hydrogen) atoms. The molecular weight excluding hydrogens is 422 g/mol. The van der Waals surface area contributed by atoms with Gasteiger partial charge in [-0.05, 0) is 42.8 Å². The molecule has 1 aliphatic rings. The number of thioether (sulfide) groups is 1. The molecule has 0 radical (unpaired) electrons. The summed E-state index contributed by atoms with van der Waals surface area (Å²) in [6.45, 7) is 5.16. The van der Waals surface area contributed by atoms with Gasteiger partial charge in [0.15, 0.2) is 5.82 Å². The quantitative estimate of drug-likeness (QED) is 0.545. The minimum absolute atomic E-state index is 0.251. The first-order valence-corrected chi connectivity index (χ1v) is 11.6. The van der Waals surface area contributed by atoms with Gasteiger partial charge in [-0.25, -0.2) is 14.8 Å². The molecule has 2 N–H and O–H groups in total. The van der Waals surface area contributed by atoms with Crippen molar-refractivity contribution in [3.8, 4) is 11.4 Å². The maximum atomic E-state index is 11.5. The van der Waals surface area contributed by atoms with Crippen LogP contribution in [0.4, 0.5) is 16.3 Å². The summed E-state index contributed by atoms with van der Waals surface area (Å²) in [5.41, 5.74) is 3.87. The molecular formula is C24H27N5O2S. The highest BCUT2D eigenvalue weighted by molar-refractivity contribution is 7.98. The number of ether oxygens (including phenoxy) is 1. The zero-order valence-electron chi connectivity index (χ0n) is 18.3. The zero-order chi connectivity index (χ0) is 22.3. The van der Waals surface area contributed by atoms with E-state index in [-0.39, 0.29) is 6.03 Å². The average Bonchev–Trinajstić information content (AvgIpc) is 2.84. The number of urea groups is 1. The van der Waals surface area contributed by atoms with Crippen LogP contribution >= 0.6 is 11.8 Å². The van der Waals surface area contributed by atoms with E-state index >= 15 is 0 Å². The van der Waals surface area contributed by atoms with Crippen LogP contribution in [0, 0.1) is 6.92 Å². The summed E-state index contributed by atoms with van der Waals surface area (Å²) in [4.78, 5) is 24.8. The van der Waals surface area contributed by atoms with Crippen LogP contribution in [0.2, 0.25) is 0 Å². The maximum absolute atomic E-state index is 11.5. The van der Waals surface area contributed by atoms with Crippen molar-refractivity contribution in [3.63, 3.8) is 0 Å². The number of carbonyl (C=O) groups is 1. The largest absolute Gasteiger partial charge is 0.378 e. The van der Waals surface area contributed by atoms with Crippen molar-refractivity contribution in [2.45, 2.75) is 17.6 Å². The van der Waals surface area contributed by atoms with Gasteiger partial charge in [0, 0.05) is 48.1 Å². The van der Waals surface area contributed by atoms with E-state index in [4.69, 9.17) is 14.7 Å². The number of aromatic nitrogens is 2. The lowest BCUT2D eigenvalue weighted by Gasteiger charge is -2.28. The lowest BCUT2D eigenvalue weighted by atomic mass is 10.2. The number of nitrogens with zero attached hydrogens (tertiary/aromatic N) is 3. The number of nitrogens with one attached hydrogen (secondary N) is 2. The van der Waals surface area contributed by atoms with Crippen molar-refractivity contribution >= 4 is 29.3 Å². The lowest BCUT2D eigenvalue weighted by Crippen LogP contribution is -2.37. The van der Waals surface area contributed by atoms with Crippen LogP contribution in [0.15, 0.2) is 59.5 Å². The molecule has 1 aliphatic heterocycles. The second-order valence-corrected chi connectivity index (χ2v) is 8.49. The summed E-state index contributed by atoms with van der Waals surface area (Å²) in [7, 11) is 1.59. The van der Waals surface area contributed by atoms with Crippen LogP contribution in [0.1, 0.15) is 11.3 Å². The Morgan fingerprint density at radius 2 is 1.84 bits per heavy atom. The van der Waals surface area contributed by atoms with Crippen molar-refractivity contribution in [1.82, 2.24) is 15.3 Å². The molecule has 1 fully saturated rings. The molecule has 2 aromatic carbocycles. The third kappa shape index (κ3) is 5.57. The van der Waals surface area contributed by atoms with Gasteiger partial charge in [-0.1, -0.05) is 18.2 Å². The second kappa shape index (κ2) is 10.5. The van der Waals surface area contributed by atoms with Crippen LogP contribution in [-0.4, -0.2) is 49.4 Å². The Labute approximate surface area is 192 Å². The third-order valence-electron chi connectivity index (χ3n) is 5.20. The van der Waals surface area contributed by atoms with Crippen LogP contribution in [0.3, 0.4) is 0 Å². The molecule has 0 spiro atoms. The van der Waals surface area contributed by atoms with E-state index in [1.807, 2.05) is 24.3 Å². The Balaban J connectivity index is 1.61. The number of morpholine rings is 1. The lowest BCUT2D eigenvalue weighted by molar-refractivity contribution is 0.122. The topological polar surface area (TPSA) is 79.4 Å². The Hall–Kier alpha value is -3.10. The Morgan fingerprint density at radius 1 is 1.09 bits per heavy atom. The molecule has 166 valence electrons. The predicted molar refractivity (Wildman–Crippen MR) is 129 cm³/mol. The number of rotatable bonds is 6. The standard InChI is InChI=1S/C24H27N5O2S/c1-17-5-3-4-6-21(17)32-16-20-15-22(29-11-13-31-14-12-29)28-23(26-20)18-7-9-19(10-8-18)27-24(30)25-2/h3-10,15H,11-14,16H2,1-2H3,(H2,25,27,30). The van der Waals surface area contributed by atoms with Gasteiger partial charge >= 0.3 is 6.03 Å². The Morgan fingerprint density at radius 3 is 2.56 bits per heavy atom. The summed E-state index contributed by atoms with van der Waals surface area (Å²) < 4.78 is 5.51. The Bertz CT molecular complexity index is 1070. The van der Waals surface area contributed by atoms with E-state index in [0.29, 0.717) is 24.7 Å². The second-order valence-electron chi connectivity index (χ2n) is 7.48. The highest BCUT2D eigenvalue weighted by atomic mass is 32.2. The van der Waals surface area contributed by atoms with Crippen LogP contribution < -0.4 is 15.5 Å². The summed E-state index contributed by atoms with van der Waals surface area (Å²) in [5.74, 6) is 2.36. The molecule has 0 atom stereocenters. The van der Waals surface area contributed by atoms with E-state index in [9.17, 15) is 4.79 Å². The number of hydrogen-bond donors (Lipinski definition) is 2. The fraction of sp³-hybridized carbons (Fsp3) is 0.292. The number of carbonyl (C=O) groups excluding carboxylic acids is 1. The van der Waals surface area contributed by atoms with Crippen LogP contribution in [0.5, 0.6) is 0 Å². The van der Waals surface area contributed by atoms with Gasteiger partial charge in [0.2, 0.25) is 0 Å². The minimum atomic E-state index is -0.251. The van der Waals surface area contributed by atoms with Gasteiger partial charge in [-0.2, -0.15) is 0 Å². The van der Waals surface area contributed by atoms with E-state index in [1.54, 1.807) is 18.8 Å². The molecule has 7 nitrogen and oxygen atoms in total. The normalized spacial score (nSPS) is 13.6. The van der Waals surface area contributed by atoms with Crippen molar-refractivity contribution in [1.29, 1.82) is 0 Å². The fourth-order valence-corrected chi connectivity index (χ4v) is 4.33. The first-order valence-electron chi connectivity index (χ1n) is 10.6. The van der Waals surface area contributed by atoms with Crippen molar-refractivity contribution in [2.75, 3.05) is 43.6 Å². The first-order chi connectivity index (χ1) is 15.6. The van der Waals surface area contributed by atoms with Crippen LogP contribution in [-0.2, 0) is 10.5 Å². The summed E-state index contributed by atoms with van der Waals surface area (Å²) in [6.07, 6.45) is 0. The third-order valence-corrected chi connectivity index (χ3v) is 6.41. The molecule has 8 heteroatoms. The SMILES string of the molecule is CNC(=O)Nc1ccc(-c2nc(CSc3ccccc3C)cc(N3CCOCC3)n2)cc1. The molecule has 3 aromatic rings. The summed E-state index contributed by atoms with van der Waals surface area (Å²) in [5, 5.41) is 5.32. The summed E-state index contributed by atoms with van der Waals surface area (Å²) >= 11 is 1.78. The van der Waals surface area contributed by atoms with E-state index in [2.05, 4.69) is 52.8 Å². The average molecular weight is 450 g/mol. The van der Waals surface area contributed by atoms with Gasteiger partial charge in [-0.3, -0.25) is 0 Å². The predicted octanol–water partition coefficient (Wildman–Crippen LogP) is 4.33. The van der Waals surface area contributed by atoms with Crippen molar-refractivity contribution in [3.05, 3.63) is 65.9 Å². The summed E-state index contributed by atoms with van der Waals surface area (Å²) in [6, 6.07) is 17.8. The number of amides is 2. The molecule has 0 unspecified atom stereocenters. The number of anilines is 2. The monoisotopic (exact) mass is 449 g/mol. The maximum Gasteiger partial charge on any atom is 0.318 e. The van der Waals surface area contributed by atoms with Gasteiger partial charge in [-0.15, -0.1) is 11.8 Å². The molecule has 0 bridgehead atoms. The van der Waals surface area contributed by atoms with Crippen LogP contribution in [0.25, 0.3) is 11.4 Å². The minimum Gasteiger partial charge on any atom is -0.378 e. The fourth-order valence-electron chi connectivity index (χ4n) is 3.41. The highest BCUT2D eigenvalue weighted by Crippen LogP contribution is 2.28. The number of benzene rings is 2. The molecule has 2 heterocycles. The van der Waals surface area contributed by atoms with Gasteiger partial charge < -0.3 is 20.3 Å². The molecule has 0 saturated carbocycles. The molecule has 4 rings (SSSR count). The van der Waals surface area contributed by atoms with Crippen molar-refractivity contribution in [2.24, 2.45) is 0 Å². The molecule has 1 saturated heterocycles. The van der Waals surface area contributed by atoms with Gasteiger partial charge in [0.25, 0.3) is 0 Å². The smallest absolute Gasteiger partial charge is 0.318 e. The number of hydrogen-bond acceptors (Lipinski definition) is 6. The highest BCUT2D eigenvalue weighted by Gasteiger charge is 2.16. The van der Waals surface area contributed by atoms with Crippen molar-refractivity contribution < 1.29 is 9.53 Å². The van der Waals surface area contributed by atoms with Gasteiger partial charge in [0.1, 0.15) is 5.82 Å². The molecule has 2 amide bonds. The molecule has 0 aliphatic carbocycles. The van der Waals surface area contributed by atoms with E-state index in [1.165, 1.54) is 10.5 Å². The van der Waals surface area contributed by atoms with E-state index in [0.717, 1.165) is 35.9 Å². The van der Waals surface area contributed by atoms with E-state index < -0.39 is 0 Å². The molecule has 1 aromatic heterocycles. The number of aryl methyl sites for hydroxylation is 1. The first kappa shape index (κ1) is 22.1.